The maximum Gasteiger partial charge on any atom is 0.268 e. The number of nitrogens with zero attached hydrogens (tertiary/aromatic N) is 2. The molecule has 0 aromatic carbocycles. The zero-order valence-electron chi connectivity index (χ0n) is 11.2. The van der Waals surface area contributed by atoms with Gasteiger partial charge in [0.05, 0.1) is 18.0 Å². The Labute approximate surface area is 117 Å². The third kappa shape index (κ3) is 2.72. The van der Waals surface area contributed by atoms with E-state index in [1.54, 1.807) is 18.5 Å². The lowest BCUT2D eigenvalue weighted by atomic mass is 10.2. The molecule has 5 nitrogen and oxygen atoms in total. The Morgan fingerprint density at radius 2 is 2.40 bits per heavy atom. The summed E-state index contributed by atoms with van der Waals surface area (Å²) in [6, 6.07) is 7.43. The van der Waals surface area contributed by atoms with Gasteiger partial charge in [-0.05, 0) is 37.1 Å². The molecule has 5 heteroatoms. The first-order valence-corrected chi connectivity index (χ1v) is 6.82. The van der Waals surface area contributed by atoms with Crippen LogP contribution in [0.3, 0.4) is 0 Å². The number of carbonyl (C=O) groups excluding carboxylic acids is 1. The van der Waals surface area contributed by atoms with Crippen molar-refractivity contribution in [3.05, 3.63) is 48.5 Å². The van der Waals surface area contributed by atoms with Gasteiger partial charge in [-0.15, -0.1) is 0 Å². The van der Waals surface area contributed by atoms with E-state index in [9.17, 15) is 4.79 Å². The molecule has 20 heavy (non-hydrogen) atoms. The monoisotopic (exact) mass is 271 g/mol. The van der Waals surface area contributed by atoms with Crippen molar-refractivity contribution < 1.29 is 9.53 Å². The summed E-state index contributed by atoms with van der Waals surface area (Å²) < 4.78 is 7.34. The van der Waals surface area contributed by atoms with Gasteiger partial charge in [0, 0.05) is 25.5 Å². The summed E-state index contributed by atoms with van der Waals surface area (Å²) in [5, 5.41) is 2.93. The highest BCUT2D eigenvalue weighted by molar-refractivity contribution is 5.93. The zero-order valence-corrected chi connectivity index (χ0v) is 11.2. The van der Waals surface area contributed by atoms with Crippen molar-refractivity contribution in [3.8, 4) is 5.69 Å². The topological polar surface area (TPSA) is 56.1 Å². The maximum absolute atomic E-state index is 12.2. The molecule has 1 fully saturated rings. The van der Waals surface area contributed by atoms with Gasteiger partial charge in [-0.25, -0.2) is 0 Å². The molecule has 1 atom stereocenters. The molecular weight excluding hydrogens is 254 g/mol. The Balaban J connectivity index is 1.70. The van der Waals surface area contributed by atoms with Crippen LogP contribution in [0.25, 0.3) is 5.69 Å². The molecule has 1 amide bonds. The fourth-order valence-electron chi connectivity index (χ4n) is 2.39. The first kappa shape index (κ1) is 12.9. The summed E-state index contributed by atoms with van der Waals surface area (Å²) in [7, 11) is 0. The molecule has 2 aromatic heterocycles. The molecule has 0 unspecified atom stereocenters. The highest BCUT2D eigenvalue weighted by Gasteiger charge is 2.18. The molecule has 1 saturated heterocycles. The van der Waals surface area contributed by atoms with Crippen LogP contribution in [-0.4, -0.2) is 34.7 Å². The second kappa shape index (κ2) is 5.88. The van der Waals surface area contributed by atoms with Crippen LogP contribution in [0, 0.1) is 0 Å². The van der Waals surface area contributed by atoms with Crippen LogP contribution in [0.15, 0.2) is 42.9 Å². The van der Waals surface area contributed by atoms with Gasteiger partial charge in [-0.3, -0.25) is 9.78 Å². The molecule has 3 heterocycles. The van der Waals surface area contributed by atoms with Crippen LogP contribution >= 0.6 is 0 Å². The van der Waals surface area contributed by atoms with Crippen molar-refractivity contribution in [3.63, 3.8) is 0 Å². The number of ether oxygens (including phenoxy) is 1. The fraction of sp³-hybridized carbons (Fsp3) is 0.333. The predicted octanol–water partition coefficient (Wildman–Crippen LogP) is 1.78. The standard InChI is InChI=1S/C15H17N3O2/c19-15(17-11-13-5-3-9-20-13)14-6-2-8-18(14)12-4-1-7-16-10-12/h1-2,4,6-8,10,13H,3,5,9,11H2,(H,17,19)/t13-/m0/s1. The molecule has 0 bridgehead atoms. The minimum atomic E-state index is -0.0886. The number of hydrogen-bond donors (Lipinski definition) is 1. The molecule has 104 valence electrons. The summed E-state index contributed by atoms with van der Waals surface area (Å²) in [6.07, 6.45) is 7.55. The van der Waals surface area contributed by atoms with Crippen molar-refractivity contribution in [1.29, 1.82) is 0 Å². The molecule has 1 N–H and O–H groups in total. The summed E-state index contributed by atoms with van der Waals surface area (Å²) in [5.41, 5.74) is 1.48. The number of amides is 1. The molecule has 1 aliphatic heterocycles. The lowest BCUT2D eigenvalue weighted by Crippen LogP contribution is -2.32. The number of hydrogen-bond acceptors (Lipinski definition) is 3. The quantitative estimate of drug-likeness (QED) is 0.922. The van der Waals surface area contributed by atoms with Crippen LogP contribution in [0.5, 0.6) is 0 Å². The van der Waals surface area contributed by atoms with Crippen LogP contribution in [-0.2, 0) is 4.74 Å². The van der Waals surface area contributed by atoms with E-state index >= 15 is 0 Å². The lowest BCUT2D eigenvalue weighted by molar-refractivity contribution is 0.0852. The number of aromatic nitrogens is 2. The second-order valence-electron chi connectivity index (χ2n) is 4.82. The van der Waals surface area contributed by atoms with Gasteiger partial charge in [-0.1, -0.05) is 0 Å². The number of nitrogens with one attached hydrogen (secondary N) is 1. The molecule has 0 saturated carbocycles. The second-order valence-corrected chi connectivity index (χ2v) is 4.82. The fourth-order valence-corrected chi connectivity index (χ4v) is 2.39. The van der Waals surface area contributed by atoms with E-state index in [1.165, 1.54) is 0 Å². The molecule has 3 rings (SSSR count). The van der Waals surface area contributed by atoms with Gasteiger partial charge in [0.2, 0.25) is 0 Å². The normalized spacial score (nSPS) is 18.1. The summed E-state index contributed by atoms with van der Waals surface area (Å²) in [5.74, 6) is -0.0886. The van der Waals surface area contributed by atoms with Gasteiger partial charge < -0.3 is 14.6 Å². The van der Waals surface area contributed by atoms with Crippen molar-refractivity contribution in [2.45, 2.75) is 18.9 Å². The van der Waals surface area contributed by atoms with E-state index < -0.39 is 0 Å². The average Bonchev–Trinajstić information content (AvgIpc) is 3.17. The van der Waals surface area contributed by atoms with Crippen molar-refractivity contribution >= 4 is 5.91 Å². The largest absolute Gasteiger partial charge is 0.376 e. The van der Waals surface area contributed by atoms with E-state index in [0.29, 0.717) is 12.2 Å². The maximum atomic E-state index is 12.2. The van der Waals surface area contributed by atoms with Crippen LogP contribution in [0.2, 0.25) is 0 Å². The van der Waals surface area contributed by atoms with Gasteiger partial charge >= 0.3 is 0 Å². The Morgan fingerprint density at radius 1 is 1.45 bits per heavy atom. The van der Waals surface area contributed by atoms with Gasteiger partial charge in [0.25, 0.3) is 5.91 Å². The molecule has 0 aliphatic carbocycles. The average molecular weight is 271 g/mol. The SMILES string of the molecule is O=C(NC[C@@H]1CCCO1)c1cccn1-c1cccnc1. The predicted molar refractivity (Wildman–Crippen MR) is 74.9 cm³/mol. The van der Waals surface area contributed by atoms with E-state index in [-0.39, 0.29) is 12.0 Å². The third-order valence-electron chi connectivity index (χ3n) is 3.42. The smallest absolute Gasteiger partial charge is 0.268 e. The highest BCUT2D eigenvalue weighted by atomic mass is 16.5. The molecule has 0 spiro atoms. The van der Waals surface area contributed by atoms with E-state index in [0.717, 1.165) is 25.1 Å². The third-order valence-corrected chi connectivity index (χ3v) is 3.42. The Morgan fingerprint density at radius 3 is 3.15 bits per heavy atom. The van der Waals surface area contributed by atoms with Crippen molar-refractivity contribution in [1.82, 2.24) is 14.9 Å². The van der Waals surface area contributed by atoms with Crippen molar-refractivity contribution in [2.75, 3.05) is 13.2 Å². The van der Waals surface area contributed by atoms with E-state index in [4.69, 9.17) is 4.74 Å². The van der Waals surface area contributed by atoms with E-state index in [1.807, 2.05) is 29.0 Å². The molecule has 1 aliphatic rings. The molecule has 0 radical (unpaired) electrons. The van der Waals surface area contributed by atoms with E-state index in [2.05, 4.69) is 10.3 Å². The van der Waals surface area contributed by atoms with Crippen LogP contribution < -0.4 is 5.32 Å². The van der Waals surface area contributed by atoms with Gasteiger partial charge in [-0.2, -0.15) is 0 Å². The number of carbonyl (C=O) groups is 1. The van der Waals surface area contributed by atoms with Crippen molar-refractivity contribution in [2.24, 2.45) is 0 Å². The first-order valence-electron chi connectivity index (χ1n) is 6.82. The Kier molecular flexibility index (Phi) is 3.78. The minimum absolute atomic E-state index is 0.0886. The number of rotatable bonds is 4. The number of pyridine rings is 1. The summed E-state index contributed by atoms with van der Waals surface area (Å²) in [6.45, 7) is 1.36. The minimum Gasteiger partial charge on any atom is -0.376 e. The van der Waals surface area contributed by atoms with Crippen LogP contribution in [0.4, 0.5) is 0 Å². The zero-order chi connectivity index (χ0) is 13.8. The molecule has 2 aromatic rings. The van der Waals surface area contributed by atoms with Gasteiger partial charge in [0.1, 0.15) is 5.69 Å². The summed E-state index contributed by atoms with van der Waals surface area (Å²) in [4.78, 5) is 16.3. The lowest BCUT2D eigenvalue weighted by Gasteiger charge is -2.12. The Bertz CT molecular complexity index is 574. The van der Waals surface area contributed by atoms with Crippen LogP contribution in [0.1, 0.15) is 23.3 Å². The Hall–Kier alpha value is -2.14. The van der Waals surface area contributed by atoms with Gasteiger partial charge in [0.15, 0.2) is 0 Å². The molecular formula is C15H17N3O2. The summed E-state index contributed by atoms with van der Waals surface area (Å²) >= 11 is 0. The first-order chi connectivity index (χ1) is 9.84. The highest BCUT2D eigenvalue weighted by Crippen LogP contribution is 2.13.